The number of halogens is 6. The molecule has 38 heavy (non-hydrogen) atoms. The minimum atomic E-state index is -5.19. The fourth-order valence-electron chi connectivity index (χ4n) is 3.45. The van der Waals surface area contributed by atoms with Gasteiger partial charge < -0.3 is 15.4 Å². The van der Waals surface area contributed by atoms with Crippen LogP contribution in [0.25, 0.3) is 16.9 Å². The van der Waals surface area contributed by atoms with E-state index >= 15 is 4.39 Å². The van der Waals surface area contributed by atoms with Crippen LogP contribution in [0, 0.1) is 17.5 Å². The molecule has 0 aliphatic carbocycles. The van der Waals surface area contributed by atoms with Crippen LogP contribution in [-0.4, -0.2) is 32.8 Å². The molecule has 0 bridgehead atoms. The maximum absolute atomic E-state index is 15.5. The van der Waals surface area contributed by atoms with Gasteiger partial charge in [-0.2, -0.15) is 5.10 Å². The van der Waals surface area contributed by atoms with Crippen LogP contribution in [0.2, 0.25) is 0 Å². The molecule has 0 aliphatic heterocycles. The van der Waals surface area contributed by atoms with Gasteiger partial charge in [0, 0.05) is 22.2 Å². The minimum Gasteiger partial charge on any atom is -0.406 e. The standard InChI is InChI=1S/C24H17F6N5O3/c1-11(15-9-13(3-5-16(15)25)38-24(28,29)30)31-23(37)21-17(26)6-4-14(22(21)27)18-7-8-20-33-19(32-12(2)36)10-35(20)34-18/h3-11H,1-2H3,(H,31,37)(H,32,36)/t11-/m1/s1/i1D3. The SMILES string of the molecule is [2H]C([2H])([2H])[C@@H](NC(=O)c1c(F)ccc(-c2ccc3nc(NC(C)=O)cn3n2)c1F)c1cc(OC(F)(F)F)ccc1F. The number of nitrogens with one attached hydrogen (secondary N) is 2. The van der Waals surface area contributed by atoms with Crippen LogP contribution in [0.15, 0.2) is 48.7 Å². The molecule has 2 aromatic carbocycles. The van der Waals surface area contributed by atoms with Crippen LogP contribution in [-0.2, 0) is 4.79 Å². The normalized spacial score (nSPS) is 13.8. The van der Waals surface area contributed by atoms with Gasteiger partial charge in [0.25, 0.3) is 5.91 Å². The number of carbonyl (C=O) groups is 2. The van der Waals surface area contributed by atoms with E-state index < -0.39 is 71.0 Å². The van der Waals surface area contributed by atoms with Crippen molar-refractivity contribution in [1.29, 1.82) is 0 Å². The summed E-state index contributed by atoms with van der Waals surface area (Å²) in [7, 11) is 0. The Morgan fingerprint density at radius 3 is 2.50 bits per heavy atom. The van der Waals surface area contributed by atoms with Crippen molar-refractivity contribution in [3.05, 3.63) is 77.2 Å². The van der Waals surface area contributed by atoms with Crippen molar-refractivity contribution in [2.45, 2.75) is 26.2 Å². The highest BCUT2D eigenvalue weighted by molar-refractivity contribution is 5.96. The molecule has 4 aromatic rings. The zero-order chi connectivity index (χ0) is 30.3. The number of benzene rings is 2. The monoisotopic (exact) mass is 540 g/mol. The molecule has 14 heteroatoms. The maximum Gasteiger partial charge on any atom is 0.573 e. The second-order valence-corrected chi connectivity index (χ2v) is 7.75. The Bertz CT molecular complexity index is 1660. The molecule has 2 heterocycles. The second kappa shape index (κ2) is 10.0. The van der Waals surface area contributed by atoms with Crippen molar-refractivity contribution in [3.8, 4) is 17.0 Å². The Hall–Kier alpha value is -4.62. The van der Waals surface area contributed by atoms with E-state index in [1.165, 1.54) is 29.8 Å². The van der Waals surface area contributed by atoms with E-state index in [4.69, 9.17) is 4.11 Å². The van der Waals surface area contributed by atoms with E-state index in [0.717, 1.165) is 6.07 Å². The number of nitrogens with zero attached hydrogens (tertiary/aromatic N) is 3. The van der Waals surface area contributed by atoms with Gasteiger partial charge in [-0.3, -0.25) is 9.59 Å². The van der Waals surface area contributed by atoms with Crippen LogP contribution in [0.5, 0.6) is 5.75 Å². The zero-order valence-corrected chi connectivity index (χ0v) is 19.0. The topological polar surface area (TPSA) is 97.6 Å². The number of rotatable bonds is 6. The molecular weight excluding hydrogens is 520 g/mol. The molecule has 0 spiro atoms. The predicted octanol–water partition coefficient (Wildman–Crippen LogP) is 5.16. The smallest absolute Gasteiger partial charge is 0.406 e. The Labute approximate surface area is 214 Å². The van der Waals surface area contributed by atoms with Crippen molar-refractivity contribution < 1.29 is 44.8 Å². The molecule has 0 radical (unpaired) electrons. The molecule has 8 nitrogen and oxygen atoms in total. The highest BCUT2D eigenvalue weighted by Gasteiger charge is 2.32. The molecule has 198 valence electrons. The number of fused-ring (bicyclic) bond motifs is 1. The molecule has 2 amide bonds. The molecule has 0 unspecified atom stereocenters. The average molecular weight is 540 g/mol. The first kappa shape index (κ1) is 22.6. The molecule has 0 fully saturated rings. The first-order chi connectivity index (χ1) is 19.0. The van der Waals surface area contributed by atoms with Gasteiger partial charge in [0.05, 0.1) is 17.9 Å². The van der Waals surface area contributed by atoms with Crippen LogP contribution in [0.1, 0.15) is 39.9 Å². The van der Waals surface area contributed by atoms with E-state index in [1.807, 2.05) is 0 Å². The highest BCUT2D eigenvalue weighted by Crippen LogP contribution is 2.29. The number of carbonyl (C=O) groups excluding carboxylic acids is 2. The molecule has 4 rings (SSSR count). The summed E-state index contributed by atoms with van der Waals surface area (Å²) in [5.74, 6) is -7.11. The van der Waals surface area contributed by atoms with Gasteiger partial charge in [-0.15, -0.1) is 13.2 Å². The van der Waals surface area contributed by atoms with E-state index in [2.05, 4.69) is 20.1 Å². The zero-order valence-electron chi connectivity index (χ0n) is 22.0. The molecular formula is C24H17F6N5O3. The van der Waals surface area contributed by atoms with Crippen molar-refractivity contribution in [3.63, 3.8) is 0 Å². The first-order valence-electron chi connectivity index (χ1n) is 12.0. The molecule has 0 saturated carbocycles. The molecule has 0 aliphatic rings. The van der Waals surface area contributed by atoms with Crippen molar-refractivity contribution in [1.82, 2.24) is 19.9 Å². The lowest BCUT2D eigenvalue weighted by Crippen LogP contribution is -2.29. The van der Waals surface area contributed by atoms with Crippen LogP contribution in [0.4, 0.5) is 32.2 Å². The fraction of sp³-hybridized carbons (Fsp3) is 0.167. The number of anilines is 1. The third-order valence-electron chi connectivity index (χ3n) is 5.01. The first-order valence-corrected chi connectivity index (χ1v) is 10.5. The van der Waals surface area contributed by atoms with E-state index in [-0.39, 0.29) is 17.2 Å². The number of amides is 2. The van der Waals surface area contributed by atoms with Crippen LogP contribution >= 0.6 is 0 Å². The van der Waals surface area contributed by atoms with E-state index in [0.29, 0.717) is 24.3 Å². The van der Waals surface area contributed by atoms with Crippen molar-refractivity contribution in [2.75, 3.05) is 5.32 Å². The summed E-state index contributed by atoms with van der Waals surface area (Å²) in [5, 5.41) is 8.36. The fourth-order valence-corrected chi connectivity index (χ4v) is 3.45. The quantitative estimate of drug-likeness (QED) is 0.330. The van der Waals surface area contributed by atoms with Gasteiger partial charge in [0.15, 0.2) is 11.5 Å². The maximum atomic E-state index is 15.5. The van der Waals surface area contributed by atoms with Gasteiger partial charge in [0.2, 0.25) is 5.91 Å². The van der Waals surface area contributed by atoms with Gasteiger partial charge in [-0.1, -0.05) is 0 Å². The van der Waals surface area contributed by atoms with Crippen LogP contribution in [0.3, 0.4) is 0 Å². The Morgan fingerprint density at radius 2 is 1.82 bits per heavy atom. The summed E-state index contributed by atoms with van der Waals surface area (Å²) in [6, 6.07) is 3.47. The summed E-state index contributed by atoms with van der Waals surface area (Å²) in [4.78, 5) is 28.3. The van der Waals surface area contributed by atoms with Gasteiger partial charge in [-0.05, 0) is 49.3 Å². The van der Waals surface area contributed by atoms with Crippen molar-refractivity contribution >= 4 is 23.3 Å². The third-order valence-corrected chi connectivity index (χ3v) is 5.01. The number of ether oxygens (including phenoxy) is 1. The van der Waals surface area contributed by atoms with Crippen LogP contribution < -0.4 is 15.4 Å². The van der Waals surface area contributed by atoms with Crippen molar-refractivity contribution in [2.24, 2.45) is 0 Å². The average Bonchev–Trinajstić information content (AvgIpc) is 3.23. The number of aromatic nitrogens is 3. The number of hydrogen-bond acceptors (Lipinski definition) is 5. The predicted molar refractivity (Wildman–Crippen MR) is 122 cm³/mol. The summed E-state index contributed by atoms with van der Waals surface area (Å²) in [6.07, 6.45) is -3.89. The van der Waals surface area contributed by atoms with E-state index in [1.54, 1.807) is 5.32 Å². The van der Waals surface area contributed by atoms with E-state index in [9.17, 15) is 31.5 Å². The third kappa shape index (κ3) is 5.68. The number of imidazole rings is 1. The molecule has 2 aromatic heterocycles. The summed E-state index contributed by atoms with van der Waals surface area (Å²) < 4.78 is 111. The lowest BCUT2D eigenvalue weighted by Gasteiger charge is -2.18. The lowest BCUT2D eigenvalue weighted by molar-refractivity contribution is -0.274. The van der Waals surface area contributed by atoms with Gasteiger partial charge in [0.1, 0.15) is 28.8 Å². The van der Waals surface area contributed by atoms with Gasteiger partial charge in [-0.25, -0.2) is 22.7 Å². The molecule has 1 atom stereocenters. The summed E-state index contributed by atoms with van der Waals surface area (Å²) >= 11 is 0. The largest absolute Gasteiger partial charge is 0.573 e. The second-order valence-electron chi connectivity index (χ2n) is 7.75. The highest BCUT2D eigenvalue weighted by atomic mass is 19.4. The molecule has 0 saturated heterocycles. The molecule has 2 N–H and O–H groups in total. The Balaban J connectivity index is 1.71. The Morgan fingerprint density at radius 1 is 1.08 bits per heavy atom. The number of alkyl halides is 3. The Kier molecular flexibility index (Phi) is 5.96. The lowest BCUT2D eigenvalue weighted by atomic mass is 10.0. The summed E-state index contributed by atoms with van der Waals surface area (Å²) in [5.41, 5.74) is -2.47. The summed E-state index contributed by atoms with van der Waals surface area (Å²) in [6.45, 7) is -2.03. The van der Waals surface area contributed by atoms with Gasteiger partial charge >= 0.3 is 6.36 Å². The number of hydrogen-bond donors (Lipinski definition) is 2. The minimum absolute atomic E-state index is 0.119.